The third-order valence-electron chi connectivity index (χ3n) is 4.75. The van der Waals surface area contributed by atoms with E-state index in [1.807, 2.05) is 36.4 Å². The summed E-state index contributed by atoms with van der Waals surface area (Å²) in [6.07, 6.45) is 1.85. The van der Waals surface area contributed by atoms with Crippen molar-refractivity contribution in [2.75, 3.05) is 6.54 Å². The topological polar surface area (TPSA) is 29.1 Å². The molecule has 1 amide bonds. The van der Waals surface area contributed by atoms with E-state index in [-0.39, 0.29) is 11.8 Å². The highest BCUT2D eigenvalue weighted by atomic mass is 16.1. The maximum Gasteiger partial charge on any atom is 0.251 e. The van der Waals surface area contributed by atoms with Gasteiger partial charge in [-0.05, 0) is 41.7 Å². The van der Waals surface area contributed by atoms with Gasteiger partial charge < -0.3 is 5.32 Å². The molecular weight excluding hydrogens is 318 g/mol. The molecule has 0 aliphatic carbocycles. The fraction of sp³-hybridized carbons (Fsp3) is 0.208. The highest BCUT2D eigenvalue weighted by molar-refractivity contribution is 5.94. The number of rotatable bonds is 7. The second-order valence-corrected chi connectivity index (χ2v) is 6.47. The average Bonchev–Trinajstić information content (AvgIpc) is 2.72. The van der Waals surface area contributed by atoms with Gasteiger partial charge in [-0.1, -0.05) is 79.7 Å². The van der Waals surface area contributed by atoms with Crippen LogP contribution in [0.25, 0.3) is 0 Å². The zero-order chi connectivity index (χ0) is 18.2. The number of hydrogen-bond donors (Lipinski definition) is 1. The first-order valence-corrected chi connectivity index (χ1v) is 9.25. The number of carbonyl (C=O) groups excluding carboxylic acids is 1. The highest BCUT2D eigenvalue weighted by Crippen LogP contribution is 2.27. The van der Waals surface area contributed by atoms with Crippen LogP contribution in [-0.2, 0) is 6.42 Å². The van der Waals surface area contributed by atoms with Crippen molar-refractivity contribution in [3.05, 3.63) is 107 Å². The van der Waals surface area contributed by atoms with E-state index in [0.29, 0.717) is 6.54 Å². The molecule has 0 fully saturated rings. The van der Waals surface area contributed by atoms with E-state index < -0.39 is 0 Å². The number of hydrogen-bond acceptors (Lipinski definition) is 1. The monoisotopic (exact) mass is 343 g/mol. The van der Waals surface area contributed by atoms with Crippen molar-refractivity contribution in [2.45, 2.75) is 25.7 Å². The quantitative estimate of drug-likeness (QED) is 0.627. The van der Waals surface area contributed by atoms with Gasteiger partial charge in [-0.15, -0.1) is 0 Å². The van der Waals surface area contributed by atoms with Crippen LogP contribution in [0.15, 0.2) is 84.9 Å². The molecule has 0 radical (unpaired) electrons. The van der Waals surface area contributed by atoms with Gasteiger partial charge in [0.1, 0.15) is 0 Å². The first-order valence-electron chi connectivity index (χ1n) is 9.25. The van der Waals surface area contributed by atoms with E-state index in [0.717, 1.165) is 18.4 Å². The Morgan fingerprint density at radius 1 is 0.808 bits per heavy atom. The average molecular weight is 343 g/mol. The smallest absolute Gasteiger partial charge is 0.251 e. The third kappa shape index (κ3) is 4.60. The zero-order valence-electron chi connectivity index (χ0n) is 15.2. The number of aryl methyl sites for hydroxylation is 1. The Morgan fingerprint density at radius 3 is 1.85 bits per heavy atom. The van der Waals surface area contributed by atoms with Crippen molar-refractivity contribution in [1.29, 1.82) is 0 Å². The largest absolute Gasteiger partial charge is 0.352 e. The lowest BCUT2D eigenvalue weighted by Gasteiger charge is -2.18. The molecule has 0 bridgehead atoms. The highest BCUT2D eigenvalue weighted by Gasteiger charge is 2.14. The van der Waals surface area contributed by atoms with Gasteiger partial charge in [0.15, 0.2) is 0 Å². The van der Waals surface area contributed by atoms with E-state index in [4.69, 9.17) is 0 Å². The fourth-order valence-corrected chi connectivity index (χ4v) is 3.22. The van der Waals surface area contributed by atoms with Crippen molar-refractivity contribution in [3.63, 3.8) is 0 Å². The van der Waals surface area contributed by atoms with E-state index in [1.165, 1.54) is 16.7 Å². The maximum absolute atomic E-state index is 12.4. The van der Waals surface area contributed by atoms with Gasteiger partial charge in [-0.25, -0.2) is 0 Å². The minimum atomic E-state index is -0.00692. The number of carbonyl (C=O) groups is 1. The minimum absolute atomic E-state index is 0.00692. The molecule has 3 aromatic carbocycles. The summed E-state index contributed by atoms with van der Waals surface area (Å²) in [5.74, 6) is 0.271. The summed E-state index contributed by atoms with van der Waals surface area (Å²) in [5, 5.41) is 3.07. The molecule has 0 saturated heterocycles. The molecule has 0 unspecified atom stereocenters. The number of amides is 1. The molecular formula is C24H25NO. The lowest BCUT2D eigenvalue weighted by atomic mass is 9.88. The SMILES string of the molecule is CCc1ccc(C(=O)NCCC(c2ccccc2)c2ccccc2)cc1. The summed E-state index contributed by atoms with van der Waals surface area (Å²) in [6, 6.07) is 28.8. The molecule has 0 heterocycles. The second kappa shape index (κ2) is 9.00. The van der Waals surface area contributed by atoms with Crippen LogP contribution >= 0.6 is 0 Å². The van der Waals surface area contributed by atoms with Gasteiger partial charge in [0, 0.05) is 18.0 Å². The molecule has 0 saturated carbocycles. The Kier molecular flexibility index (Phi) is 6.21. The van der Waals surface area contributed by atoms with Crippen molar-refractivity contribution >= 4 is 5.91 Å². The van der Waals surface area contributed by atoms with Crippen molar-refractivity contribution in [2.24, 2.45) is 0 Å². The molecule has 0 aliphatic rings. The van der Waals surface area contributed by atoms with Crippen LogP contribution < -0.4 is 5.32 Å². The second-order valence-electron chi connectivity index (χ2n) is 6.47. The van der Waals surface area contributed by atoms with Crippen LogP contribution in [-0.4, -0.2) is 12.5 Å². The normalized spacial score (nSPS) is 10.7. The van der Waals surface area contributed by atoms with Crippen molar-refractivity contribution in [1.82, 2.24) is 5.32 Å². The van der Waals surface area contributed by atoms with E-state index in [9.17, 15) is 4.79 Å². The molecule has 132 valence electrons. The Hall–Kier alpha value is -2.87. The summed E-state index contributed by atoms with van der Waals surface area (Å²) < 4.78 is 0. The summed E-state index contributed by atoms with van der Waals surface area (Å²) in [7, 11) is 0. The maximum atomic E-state index is 12.4. The van der Waals surface area contributed by atoms with Crippen LogP contribution in [0.5, 0.6) is 0 Å². The standard InChI is InChI=1S/C24H25NO/c1-2-19-13-15-22(16-14-19)24(26)25-18-17-23(20-9-5-3-6-10-20)21-11-7-4-8-12-21/h3-16,23H,2,17-18H2,1H3,(H,25,26). The molecule has 2 heteroatoms. The molecule has 0 aromatic heterocycles. The van der Waals surface area contributed by atoms with Gasteiger partial charge in [0.05, 0.1) is 0 Å². The molecule has 1 N–H and O–H groups in total. The summed E-state index contributed by atoms with van der Waals surface area (Å²) >= 11 is 0. The van der Waals surface area contributed by atoms with Gasteiger partial charge in [0.2, 0.25) is 0 Å². The van der Waals surface area contributed by atoms with E-state index >= 15 is 0 Å². The lowest BCUT2D eigenvalue weighted by molar-refractivity contribution is 0.0953. The molecule has 3 rings (SSSR count). The fourth-order valence-electron chi connectivity index (χ4n) is 3.22. The molecule has 3 aromatic rings. The third-order valence-corrected chi connectivity index (χ3v) is 4.75. The van der Waals surface area contributed by atoms with Crippen LogP contribution in [0.4, 0.5) is 0 Å². The van der Waals surface area contributed by atoms with Crippen LogP contribution in [0.3, 0.4) is 0 Å². The van der Waals surface area contributed by atoms with Gasteiger partial charge in [0.25, 0.3) is 5.91 Å². The van der Waals surface area contributed by atoms with Gasteiger partial charge in [-0.3, -0.25) is 4.79 Å². The van der Waals surface area contributed by atoms with Crippen LogP contribution in [0, 0.1) is 0 Å². The minimum Gasteiger partial charge on any atom is -0.352 e. The lowest BCUT2D eigenvalue weighted by Crippen LogP contribution is -2.25. The first kappa shape index (κ1) is 17.9. The number of nitrogens with one attached hydrogen (secondary N) is 1. The van der Waals surface area contributed by atoms with Crippen molar-refractivity contribution in [3.8, 4) is 0 Å². The molecule has 2 nitrogen and oxygen atoms in total. The van der Waals surface area contributed by atoms with E-state index in [2.05, 4.69) is 60.8 Å². The Morgan fingerprint density at radius 2 is 1.35 bits per heavy atom. The van der Waals surface area contributed by atoms with Gasteiger partial charge in [-0.2, -0.15) is 0 Å². The molecule has 0 atom stereocenters. The zero-order valence-corrected chi connectivity index (χ0v) is 15.2. The first-order chi connectivity index (χ1) is 12.8. The predicted molar refractivity (Wildman–Crippen MR) is 107 cm³/mol. The summed E-state index contributed by atoms with van der Waals surface area (Å²) in [6.45, 7) is 2.76. The van der Waals surface area contributed by atoms with E-state index in [1.54, 1.807) is 0 Å². The Bertz CT molecular complexity index is 770. The predicted octanol–water partition coefficient (Wildman–Crippen LogP) is 5.20. The molecule has 0 spiro atoms. The van der Waals surface area contributed by atoms with Gasteiger partial charge >= 0.3 is 0 Å². The van der Waals surface area contributed by atoms with Crippen LogP contribution in [0.2, 0.25) is 0 Å². The molecule has 26 heavy (non-hydrogen) atoms. The summed E-state index contributed by atoms with van der Waals surface area (Å²) in [5.41, 5.74) is 4.52. The summed E-state index contributed by atoms with van der Waals surface area (Å²) in [4.78, 5) is 12.4. The Labute approximate surface area is 155 Å². The molecule has 0 aliphatic heterocycles. The number of benzene rings is 3. The Balaban J connectivity index is 1.65. The van der Waals surface area contributed by atoms with Crippen LogP contribution in [0.1, 0.15) is 46.3 Å². The van der Waals surface area contributed by atoms with Crippen molar-refractivity contribution < 1.29 is 4.79 Å².